The quantitative estimate of drug-likeness (QED) is 0.816. The fraction of sp³-hybridized carbons (Fsp3) is 0.538. The molecule has 0 amide bonds. The number of imidazole rings is 1. The minimum absolute atomic E-state index is 0.519. The highest BCUT2D eigenvalue weighted by Crippen LogP contribution is 2.11. The molecular weight excluding hydrogens is 322 g/mol. The Bertz CT molecular complexity index is 581. The van der Waals surface area contributed by atoms with Gasteiger partial charge in [0.1, 0.15) is 4.60 Å². The molecule has 0 saturated carbocycles. The number of halogens is 1. The Balaban J connectivity index is 1.98. The zero-order chi connectivity index (χ0) is 14.8. The summed E-state index contributed by atoms with van der Waals surface area (Å²) in [5, 5.41) is 13.5. The van der Waals surface area contributed by atoms with Gasteiger partial charge < -0.3 is 15.3 Å². The Labute approximate surface area is 127 Å². The summed E-state index contributed by atoms with van der Waals surface area (Å²) in [4.78, 5) is 10.4. The standard InChI is InChI=1S/C13H20BrN5O/c1-13(20,9-18(2)3)8-15-4-10-5-17-12-6-16-11(14)7-19(10)12/h5-7,15,20H,4,8-9H2,1-3H3. The molecule has 0 aliphatic heterocycles. The Morgan fingerprint density at radius 1 is 1.40 bits per heavy atom. The van der Waals surface area contributed by atoms with Gasteiger partial charge in [0, 0.05) is 25.8 Å². The molecule has 2 aromatic heterocycles. The molecule has 2 N–H and O–H groups in total. The third-order valence-electron chi connectivity index (χ3n) is 2.91. The second-order valence-corrected chi connectivity index (χ2v) is 6.34. The highest BCUT2D eigenvalue weighted by molar-refractivity contribution is 9.10. The monoisotopic (exact) mass is 341 g/mol. The Morgan fingerprint density at radius 3 is 2.85 bits per heavy atom. The van der Waals surface area contributed by atoms with Crippen LogP contribution < -0.4 is 5.32 Å². The molecule has 0 spiro atoms. The first kappa shape index (κ1) is 15.4. The van der Waals surface area contributed by atoms with Gasteiger partial charge in [-0.05, 0) is 36.9 Å². The van der Waals surface area contributed by atoms with Crippen LogP contribution in [0.2, 0.25) is 0 Å². The lowest BCUT2D eigenvalue weighted by atomic mass is 10.1. The van der Waals surface area contributed by atoms with Crippen molar-refractivity contribution < 1.29 is 5.11 Å². The van der Waals surface area contributed by atoms with Gasteiger partial charge in [0.2, 0.25) is 0 Å². The Kier molecular flexibility index (Phi) is 4.74. The van der Waals surface area contributed by atoms with E-state index < -0.39 is 5.60 Å². The van der Waals surface area contributed by atoms with Gasteiger partial charge in [0.05, 0.1) is 23.7 Å². The van der Waals surface area contributed by atoms with E-state index in [4.69, 9.17) is 0 Å². The molecule has 2 heterocycles. The third kappa shape index (κ3) is 3.99. The van der Waals surface area contributed by atoms with E-state index >= 15 is 0 Å². The molecule has 0 saturated heterocycles. The molecule has 2 aromatic rings. The number of nitrogens with one attached hydrogen (secondary N) is 1. The van der Waals surface area contributed by atoms with Gasteiger partial charge in [0.25, 0.3) is 0 Å². The Hall–Kier alpha value is -1.02. The number of fused-ring (bicyclic) bond motifs is 1. The van der Waals surface area contributed by atoms with Gasteiger partial charge in [-0.15, -0.1) is 0 Å². The average molecular weight is 342 g/mol. The number of aromatic nitrogens is 3. The highest BCUT2D eigenvalue weighted by Gasteiger charge is 2.20. The van der Waals surface area contributed by atoms with Crippen LogP contribution in [0.25, 0.3) is 5.65 Å². The van der Waals surface area contributed by atoms with E-state index in [2.05, 4.69) is 31.2 Å². The summed E-state index contributed by atoms with van der Waals surface area (Å²) in [6.45, 7) is 3.60. The second kappa shape index (κ2) is 6.17. The molecule has 1 unspecified atom stereocenters. The normalized spacial score (nSPS) is 14.9. The number of hydrogen-bond donors (Lipinski definition) is 2. The van der Waals surface area contributed by atoms with E-state index in [1.54, 1.807) is 6.20 Å². The predicted octanol–water partition coefficient (Wildman–Crippen LogP) is 0.894. The summed E-state index contributed by atoms with van der Waals surface area (Å²) >= 11 is 3.35. The molecule has 110 valence electrons. The van der Waals surface area contributed by atoms with Crippen LogP contribution in [-0.4, -0.2) is 57.2 Å². The summed E-state index contributed by atoms with van der Waals surface area (Å²) in [7, 11) is 3.90. The SMILES string of the molecule is CN(C)CC(C)(O)CNCc1cnc2cnc(Br)cn12. The molecular formula is C13H20BrN5O. The predicted molar refractivity (Wildman–Crippen MR) is 81.6 cm³/mol. The van der Waals surface area contributed by atoms with Crippen molar-refractivity contribution in [2.75, 3.05) is 27.2 Å². The summed E-state index contributed by atoms with van der Waals surface area (Å²) in [6, 6.07) is 0. The van der Waals surface area contributed by atoms with Crippen molar-refractivity contribution in [3.63, 3.8) is 0 Å². The van der Waals surface area contributed by atoms with Crippen molar-refractivity contribution >= 4 is 21.6 Å². The van der Waals surface area contributed by atoms with Gasteiger partial charge in [-0.25, -0.2) is 9.97 Å². The fourth-order valence-electron chi connectivity index (χ4n) is 2.24. The minimum Gasteiger partial charge on any atom is -0.388 e. The number of likely N-dealkylation sites (N-methyl/N-ethyl adjacent to an activating group) is 1. The first-order valence-corrected chi connectivity index (χ1v) is 7.22. The van der Waals surface area contributed by atoms with Crippen LogP contribution in [0.4, 0.5) is 0 Å². The van der Waals surface area contributed by atoms with E-state index in [1.807, 2.05) is 42.7 Å². The Morgan fingerprint density at radius 2 is 2.15 bits per heavy atom. The zero-order valence-electron chi connectivity index (χ0n) is 12.0. The zero-order valence-corrected chi connectivity index (χ0v) is 13.6. The van der Waals surface area contributed by atoms with Crippen molar-refractivity contribution in [2.45, 2.75) is 19.1 Å². The molecule has 0 bridgehead atoms. The van der Waals surface area contributed by atoms with Crippen molar-refractivity contribution in [3.8, 4) is 0 Å². The van der Waals surface area contributed by atoms with Crippen LogP contribution >= 0.6 is 15.9 Å². The van der Waals surface area contributed by atoms with Crippen molar-refractivity contribution in [1.29, 1.82) is 0 Å². The maximum absolute atomic E-state index is 10.2. The number of aliphatic hydroxyl groups is 1. The van der Waals surface area contributed by atoms with Crippen LogP contribution in [0, 0.1) is 0 Å². The van der Waals surface area contributed by atoms with Gasteiger partial charge in [-0.2, -0.15) is 0 Å². The fourth-order valence-corrected chi connectivity index (χ4v) is 2.55. The number of rotatable bonds is 6. The van der Waals surface area contributed by atoms with Crippen molar-refractivity contribution in [3.05, 3.63) is 28.9 Å². The summed E-state index contributed by atoms with van der Waals surface area (Å²) in [5.41, 5.74) is 1.08. The summed E-state index contributed by atoms with van der Waals surface area (Å²) in [6.07, 6.45) is 5.42. The van der Waals surface area contributed by atoms with E-state index in [0.29, 0.717) is 19.6 Å². The minimum atomic E-state index is -0.758. The first-order valence-electron chi connectivity index (χ1n) is 6.43. The molecule has 1 atom stereocenters. The highest BCUT2D eigenvalue weighted by atomic mass is 79.9. The van der Waals surface area contributed by atoms with E-state index in [-0.39, 0.29) is 0 Å². The van der Waals surface area contributed by atoms with E-state index in [9.17, 15) is 5.11 Å². The second-order valence-electron chi connectivity index (χ2n) is 5.53. The van der Waals surface area contributed by atoms with Gasteiger partial charge in [0.15, 0.2) is 5.65 Å². The average Bonchev–Trinajstić information content (AvgIpc) is 2.70. The lowest BCUT2D eigenvalue weighted by molar-refractivity contribution is 0.0335. The molecule has 6 nitrogen and oxygen atoms in total. The first-order chi connectivity index (χ1) is 9.37. The maximum Gasteiger partial charge on any atom is 0.155 e. The molecule has 7 heteroatoms. The molecule has 0 fully saturated rings. The van der Waals surface area contributed by atoms with Crippen LogP contribution in [-0.2, 0) is 6.54 Å². The van der Waals surface area contributed by atoms with E-state index in [1.165, 1.54) is 0 Å². The topological polar surface area (TPSA) is 65.7 Å². The summed E-state index contributed by atoms with van der Waals surface area (Å²) < 4.78 is 2.74. The molecule has 0 aliphatic rings. The lowest BCUT2D eigenvalue weighted by Gasteiger charge is -2.27. The number of nitrogens with zero attached hydrogens (tertiary/aromatic N) is 4. The van der Waals surface area contributed by atoms with Crippen LogP contribution in [0.3, 0.4) is 0 Å². The smallest absolute Gasteiger partial charge is 0.155 e. The van der Waals surface area contributed by atoms with Gasteiger partial charge in [-0.3, -0.25) is 4.40 Å². The molecule has 0 aromatic carbocycles. The molecule has 2 rings (SSSR count). The van der Waals surface area contributed by atoms with Crippen LogP contribution in [0.1, 0.15) is 12.6 Å². The number of hydrogen-bond acceptors (Lipinski definition) is 5. The largest absolute Gasteiger partial charge is 0.388 e. The van der Waals surface area contributed by atoms with Gasteiger partial charge in [-0.1, -0.05) is 0 Å². The molecule has 20 heavy (non-hydrogen) atoms. The third-order valence-corrected chi connectivity index (χ3v) is 3.32. The van der Waals surface area contributed by atoms with Crippen LogP contribution in [0.5, 0.6) is 0 Å². The van der Waals surface area contributed by atoms with Crippen LogP contribution in [0.15, 0.2) is 23.2 Å². The summed E-state index contributed by atoms with van der Waals surface area (Å²) in [5.74, 6) is 0. The molecule has 0 radical (unpaired) electrons. The van der Waals surface area contributed by atoms with Crippen molar-refractivity contribution in [1.82, 2.24) is 24.6 Å². The maximum atomic E-state index is 10.2. The lowest BCUT2D eigenvalue weighted by Crippen LogP contribution is -2.45. The van der Waals surface area contributed by atoms with E-state index in [0.717, 1.165) is 15.9 Å². The van der Waals surface area contributed by atoms with Crippen molar-refractivity contribution in [2.24, 2.45) is 0 Å². The molecule has 0 aliphatic carbocycles. The van der Waals surface area contributed by atoms with Gasteiger partial charge >= 0.3 is 0 Å².